The Morgan fingerprint density at radius 2 is 1.31 bits per heavy atom. The van der Waals surface area contributed by atoms with Gasteiger partial charge in [0.2, 0.25) is 47.3 Å². The van der Waals surface area contributed by atoms with Gasteiger partial charge in [-0.15, -0.1) is 0 Å². The van der Waals surface area contributed by atoms with Crippen molar-refractivity contribution in [3.63, 3.8) is 0 Å². The average Bonchev–Trinajstić information content (AvgIpc) is 4.11. The molecule has 4 rings (SSSR count). The van der Waals surface area contributed by atoms with Crippen LogP contribution in [0.2, 0.25) is 0 Å². The number of nitrogens with zero attached hydrogens (tertiary/aromatic N) is 3. The van der Waals surface area contributed by atoms with Gasteiger partial charge in [-0.25, -0.2) is 9.78 Å². The maximum Gasteiger partial charge on any atom is 0.326 e. The summed E-state index contributed by atoms with van der Waals surface area (Å²) in [7, 11) is 0. The van der Waals surface area contributed by atoms with Crippen LogP contribution in [0.4, 0.5) is 0 Å². The number of carboxylic acids is 2. The van der Waals surface area contributed by atoms with Crippen LogP contribution in [0.25, 0.3) is 0 Å². The summed E-state index contributed by atoms with van der Waals surface area (Å²) >= 11 is 0. The van der Waals surface area contributed by atoms with E-state index in [1.807, 2.05) is 0 Å². The highest BCUT2D eigenvalue weighted by molar-refractivity contribution is 5.98. The van der Waals surface area contributed by atoms with E-state index in [9.17, 15) is 63.3 Å². The van der Waals surface area contributed by atoms with E-state index in [1.165, 1.54) is 41.7 Å². The number of imidazole rings is 1. The summed E-state index contributed by atoms with van der Waals surface area (Å²) in [5.41, 5.74) is 12.5. The van der Waals surface area contributed by atoms with Crippen molar-refractivity contribution in [2.45, 2.75) is 141 Å². The molecule has 0 saturated carbocycles. The summed E-state index contributed by atoms with van der Waals surface area (Å²) < 4.78 is 0. The molecule has 0 spiro atoms. The Morgan fingerprint density at radius 1 is 0.718 bits per heavy atom. The third kappa shape index (κ3) is 19.5. The molecule has 3 aromatic rings. The molecule has 1 aromatic heterocycles. The molecule has 1 aliphatic rings. The number of carboxylic acid groups (broad SMARTS) is 2. The van der Waals surface area contributed by atoms with Gasteiger partial charge in [0.25, 0.3) is 0 Å². The highest BCUT2D eigenvalue weighted by Crippen LogP contribution is 2.21. The predicted octanol–water partition coefficient (Wildman–Crippen LogP) is -1.14. The van der Waals surface area contributed by atoms with Gasteiger partial charge in [-0.1, -0.05) is 76.6 Å². The number of phenols is 1. The summed E-state index contributed by atoms with van der Waals surface area (Å²) in [6.45, 7) is 7.89. The maximum absolute atomic E-state index is 14.6. The minimum Gasteiger partial charge on any atom is -0.508 e. The van der Waals surface area contributed by atoms with Gasteiger partial charge in [0.15, 0.2) is 5.96 Å². The summed E-state index contributed by atoms with van der Waals surface area (Å²) in [6.07, 6.45) is 2.65. The minimum absolute atomic E-state index is 0.00865. The molecular formula is C52H73N13O13. The number of guanidine groups is 1. The second kappa shape index (κ2) is 30.2. The number of carbonyl (C=O) groups excluding carboxylic acids is 8. The average molecular weight is 1090 g/mol. The van der Waals surface area contributed by atoms with Crippen molar-refractivity contribution in [3.05, 3.63) is 83.9 Å². The molecule has 1 fully saturated rings. The third-order valence-electron chi connectivity index (χ3n) is 13.0. The van der Waals surface area contributed by atoms with Crippen molar-refractivity contribution < 1.29 is 63.3 Å². The molecule has 0 aliphatic carbocycles. The Hall–Kier alpha value is -8.58. The first-order valence-corrected chi connectivity index (χ1v) is 25.7. The van der Waals surface area contributed by atoms with E-state index in [2.05, 4.69) is 52.2 Å². The molecule has 2 aromatic carbocycles. The molecule has 0 bridgehead atoms. The number of aromatic hydroxyl groups is 1. The van der Waals surface area contributed by atoms with Crippen molar-refractivity contribution in [2.75, 3.05) is 13.1 Å². The van der Waals surface area contributed by atoms with Crippen molar-refractivity contribution in [2.24, 2.45) is 28.3 Å². The number of aliphatic carboxylic acids is 2. The van der Waals surface area contributed by atoms with Crippen LogP contribution >= 0.6 is 0 Å². The molecular weight excluding hydrogens is 1010 g/mol. The van der Waals surface area contributed by atoms with Gasteiger partial charge >= 0.3 is 11.9 Å². The first kappa shape index (κ1) is 62.0. The van der Waals surface area contributed by atoms with Crippen LogP contribution in [0.1, 0.15) is 90.0 Å². The second-order valence-corrected chi connectivity index (χ2v) is 19.5. The van der Waals surface area contributed by atoms with Crippen molar-refractivity contribution in [3.8, 4) is 5.75 Å². The highest BCUT2D eigenvalue weighted by Gasteiger charge is 2.41. The number of likely N-dealkylation sites (tertiary alicyclic amines) is 1. The van der Waals surface area contributed by atoms with E-state index in [1.54, 1.807) is 58.0 Å². The SMILES string of the molecule is CC[C@H](C)[C@H](NC(=O)[C@H](Cc1ccc(O)cc1)NC(=O)[C@@H](NC(=O)[C@H](CCCN=C(N)N)NC(=O)[C@H](CC(=O)O)NC(C)=O)C(C)C)C(=O)N[C@@H](Cc1cnc[nH]1)C(=O)N1CCC[C@H]1C(=O)N[C@@H](Cc1ccccc1)C(=O)O. The topological polar surface area (TPSA) is 412 Å². The lowest BCUT2D eigenvalue weighted by Gasteiger charge is -2.32. The standard InChI is InChI=1S/C52H73N13O13/c1-6-29(4)43(49(75)61-38(24-33-26-55-27-57-33)50(76)65-21-11-15-40(65)47(73)62-39(51(77)78)23-31-12-8-7-9-13-31)64-46(72)36(22-32-16-18-34(67)19-17-32)60-48(74)42(28(2)3)63-44(70)35(14-10-20-56-52(53)54)59-45(71)37(25-41(68)69)58-30(5)66/h7-9,12-13,16-19,26-29,35-40,42-43,67H,6,10-11,14-15,20-25H2,1-5H3,(H,55,57)(H,58,66)(H,59,71)(H,60,74)(H,61,75)(H,62,73)(H,63,70)(H,64,72)(H,68,69)(H,77,78)(H4,53,54,56)/t29-,35-,36-,37-,38-,39-,40-,42-,43-/m0/s1. The summed E-state index contributed by atoms with van der Waals surface area (Å²) in [6, 6.07) is 3.64. The van der Waals surface area contributed by atoms with Gasteiger partial charge in [0.05, 0.1) is 12.7 Å². The van der Waals surface area contributed by atoms with Crippen molar-refractivity contribution >= 4 is 65.2 Å². The largest absolute Gasteiger partial charge is 0.508 e. The molecule has 8 amide bonds. The van der Waals surface area contributed by atoms with Gasteiger partial charge in [-0.3, -0.25) is 48.1 Å². The number of hydrogen-bond acceptors (Lipinski definition) is 13. The number of aliphatic imine (C=N–C) groups is 1. The van der Waals surface area contributed by atoms with Gasteiger partial charge in [0, 0.05) is 51.2 Å². The molecule has 1 aliphatic heterocycles. The predicted molar refractivity (Wildman–Crippen MR) is 282 cm³/mol. The number of H-pyrrole nitrogens is 1. The number of benzene rings is 2. The smallest absolute Gasteiger partial charge is 0.326 e. The summed E-state index contributed by atoms with van der Waals surface area (Å²) in [5.74, 6) is -10.7. The zero-order valence-electron chi connectivity index (χ0n) is 44.3. The van der Waals surface area contributed by atoms with Crippen LogP contribution in [0.5, 0.6) is 5.75 Å². The number of carbonyl (C=O) groups is 10. The Balaban J connectivity index is 1.60. The van der Waals surface area contributed by atoms with Crippen LogP contribution in [-0.2, 0) is 67.2 Å². The molecule has 15 N–H and O–H groups in total. The zero-order chi connectivity index (χ0) is 57.6. The molecule has 78 heavy (non-hydrogen) atoms. The molecule has 2 heterocycles. The lowest BCUT2D eigenvalue weighted by Crippen LogP contribution is -2.62. The molecule has 0 radical (unpaired) electrons. The number of aromatic nitrogens is 2. The first-order chi connectivity index (χ1) is 37.0. The molecule has 0 unspecified atom stereocenters. The van der Waals surface area contributed by atoms with Crippen LogP contribution < -0.4 is 48.7 Å². The van der Waals surface area contributed by atoms with Gasteiger partial charge in [0.1, 0.15) is 54.1 Å². The number of nitrogens with two attached hydrogens (primary N) is 2. The monoisotopic (exact) mass is 1090 g/mol. The summed E-state index contributed by atoms with van der Waals surface area (Å²) in [5, 5.41) is 47.6. The number of phenolic OH excluding ortho intramolecular Hbond substituents is 1. The second-order valence-electron chi connectivity index (χ2n) is 19.5. The summed E-state index contributed by atoms with van der Waals surface area (Å²) in [4.78, 5) is 147. The van der Waals surface area contributed by atoms with E-state index in [4.69, 9.17) is 11.5 Å². The molecule has 9 atom stereocenters. The van der Waals surface area contributed by atoms with Crippen molar-refractivity contribution in [1.29, 1.82) is 0 Å². The Bertz CT molecular complexity index is 2560. The van der Waals surface area contributed by atoms with E-state index in [0.29, 0.717) is 29.7 Å². The molecule has 1 saturated heterocycles. The molecule has 26 heteroatoms. The normalized spacial score (nSPS) is 16.1. The number of rotatable bonds is 30. The quantitative estimate of drug-likeness (QED) is 0.0213. The fraction of sp³-hybridized carbons (Fsp3) is 0.500. The van der Waals surface area contributed by atoms with E-state index < -0.39 is 126 Å². The lowest BCUT2D eigenvalue weighted by molar-refractivity contribution is -0.145. The van der Waals surface area contributed by atoms with Crippen LogP contribution in [0, 0.1) is 11.8 Å². The van der Waals surface area contributed by atoms with E-state index >= 15 is 0 Å². The Morgan fingerprint density at radius 3 is 1.90 bits per heavy atom. The van der Waals surface area contributed by atoms with Crippen LogP contribution in [0.3, 0.4) is 0 Å². The van der Waals surface area contributed by atoms with Crippen LogP contribution in [-0.4, -0.2) is 157 Å². The first-order valence-electron chi connectivity index (χ1n) is 25.7. The Labute approximate surface area is 451 Å². The van der Waals surface area contributed by atoms with Gasteiger partial charge in [-0.2, -0.15) is 0 Å². The van der Waals surface area contributed by atoms with E-state index in [-0.39, 0.29) is 63.3 Å². The number of hydrogen-bond donors (Lipinski definition) is 13. The number of amides is 8. The number of nitrogens with one attached hydrogen (secondary N) is 8. The fourth-order valence-corrected chi connectivity index (χ4v) is 8.66. The zero-order valence-corrected chi connectivity index (χ0v) is 44.3. The minimum atomic E-state index is -1.57. The van der Waals surface area contributed by atoms with Gasteiger partial charge in [-0.05, 0) is 60.8 Å². The Kier molecular flexibility index (Phi) is 24.0. The molecule has 424 valence electrons. The van der Waals surface area contributed by atoms with Crippen molar-refractivity contribution in [1.82, 2.24) is 52.1 Å². The number of aromatic amines is 1. The van der Waals surface area contributed by atoms with Gasteiger partial charge < -0.3 is 73.9 Å². The third-order valence-corrected chi connectivity index (χ3v) is 13.0. The fourth-order valence-electron chi connectivity index (χ4n) is 8.66. The molecule has 26 nitrogen and oxygen atoms in total. The van der Waals surface area contributed by atoms with Crippen LogP contribution in [0.15, 0.2) is 72.1 Å². The lowest BCUT2D eigenvalue weighted by atomic mass is 9.96. The maximum atomic E-state index is 14.6. The van der Waals surface area contributed by atoms with E-state index in [0.717, 1.165) is 6.92 Å². The highest BCUT2D eigenvalue weighted by atomic mass is 16.4.